The lowest BCUT2D eigenvalue weighted by Crippen LogP contribution is -2.52. The topological polar surface area (TPSA) is 59.4 Å². The molecule has 2 heterocycles. The Morgan fingerprint density at radius 2 is 2.26 bits per heavy atom. The van der Waals surface area contributed by atoms with Crippen LogP contribution in [0.25, 0.3) is 0 Å². The van der Waals surface area contributed by atoms with Gasteiger partial charge in [0.05, 0.1) is 17.3 Å². The lowest BCUT2D eigenvalue weighted by Gasteiger charge is -2.38. The smallest absolute Gasteiger partial charge is 0.317 e. The van der Waals surface area contributed by atoms with E-state index < -0.39 is 0 Å². The summed E-state index contributed by atoms with van der Waals surface area (Å²) in [4.78, 5) is 15.7. The van der Waals surface area contributed by atoms with Gasteiger partial charge in [-0.25, -0.2) is 4.79 Å². The average Bonchev–Trinajstić information content (AvgIpc) is 2.79. The molecular weight excluding hydrogens is 240 g/mol. The fourth-order valence-electron chi connectivity index (χ4n) is 2.98. The zero-order valence-electron chi connectivity index (χ0n) is 10.9. The fraction of sp³-hybridized carbons (Fsp3) is 0.429. The molecule has 2 aliphatic heterocycles. The Morgan fingerprint density at radius 3 is 3.05 bits per heavy atom. The van der Waals surface area contributed by atoms with Gasteiger partial charge in [0.15, 0.2) is 0 Å². The number of fused-ring (bicyclic) bond motifs is 1. The SMILES string of the molecule is Cc1cccc(C#N)c1N1CCN2C(=O)NCC2C1. The third kappa shape index (κ3) is 1.89. The van der Waals surface area contributed by atoms with E-state index in [1.807, 2.05) is 30.0 Å². The van der Waals surface area contributed by atoms with E-state index >= 15 is 0 Å². The molecule has 0 radical (unpaired) electrons. The second-order valence-electron chi connectivity index (χ2n) is 5.06. The van der Waals surface area contributed by atoms with Crippen molar-refractivity contribution in [3.8, 4) is 6.07 Å². The van der Waals surface area contributed by atoms with Crippen molar-refractivity contribution in [3.63, 3.8) is 0 Å². The molecule has 2 aliphatic rings. The summed E-state index contributed by atoms with van der Waals surface area (Å²) < 4.78 is 0. The number of para-hydroxylation sites is 1. The fourth-order valence-corrected chi connectivity index (χ4v) is 2.98. The van der Waals surface area contributed by atoms with Crippen molar-refractivity contribution in [1.82, 2.24) is 10.2 Å². The first-order chi connectivity index (χ1) is 9.20. The Kier molecular flexibility index (Phi) is 2.79. The quantitative estimate of drug-likeness (QED) is 0.818. The maximum Gasteiger partial charge on any atom is 0.317 e. The molecule has 1 atom stereocenters. The van der Waals surface area contributed by atoms with E-state index in [-0.39, 0.29) is 12.1 Å². The molecule has 0 bridgehead atoms. The summed E-state index contributed by atoms with van der Waals surface area (Å²) in [6.07, 6.45) is 0. The van der Waals surface area contributed by atoms with E-state index in [4.69, 9.17) is 0 Å². The van der Waals surface area contributed by atoms with Crippen LogP contribution in [0.5, 0.6) is 0 Å². The van der Waals surface area contributed by atoms with Crippen molar-refractivity contribution in [3.05, 3.63) is 29.3 Å². The Bertz CT molecular complexity index is 563. The van der Waals surface area contributed by atoms with Gasteiger partial charge in [-0.05, 0) is 18.6 Å². The normalized spacial score (nSPS) is 21.9. The predicted octanol–water partition coefficient (Wildman–Crippen LogP) is 1.08. The predicted molar refractivity (Wildman–Crippen MR) is 72.0 cm³/mol. The van der Waals surface area contributed by atoms with Gasteiger partial charge in [0, 0.05) is 26.2 Å². The highest BCUT2D eigenvalue weighted by atomic mass is 16.2. The van der Waals surface area contributed by atoms with Crippen LogP contribution in [-0.4, -0.2) is 43.2 Å². The van der Waals surface area contributed by atoms with E-state index in [0.717, 1.165) is 30.9 Å². The summed E-state index contributed by atoms with van der Waals surface area (Å²) in [6.45, 7) is 5.02. The van der Waals surface area contributed by atoms with Gasteiger partial charge < -0.3 is 15.1 Å². The highest BCUT2D eigenvalue weighted by Gasteiger charge is 2.36. The van der Waals surface area contributed by atoms with Crippen LogP contribution >= 0.6 is 0 Å². The van der Waals surface area contributed by atoms with Gasteiger partial charge in [-0.3, -0.25) is 0 Å². The number of anilines is 1. The number of rotatable bonds is 1. The van der Waals surface area contributed by atoms with Crippen LogP contribution < -0.4 is 10.2 Å². The number of nitrogens with one attached hydrogen (secondary N) is 1. The summed E-state index contributed by atoms with van der Waals surface area (Å²) in [5.74, 6) is 0. The summed E-state index contributed by atoms with van der Waals surface area (Å²) in [7, 11) is 0. The van der Waals surface area contributed by atoms with Crippen LogP contribution in [-0.2, 0) is 0 Å². The first-order valence-corrected chi connectivity index (χ1v) is 6.50. The number of amides is 2. The Balaban J connectivity index is 1.89. The van der Waals surface area contributed by atoms with E-state index in [1.54, 1.807) is 0 Å². The van der Waals surface area contributed by atoms with E-state index in [9.17, 15) is 10.1 Å². The van der Waals surface area contributed by atoms with Crippen molar-refractivity contribution in [2.45, 2.75) is 13.0 Å². The molecule has 0 spiro atoms. The number of benzene rings is 1. The molecule has 5 heteroatoms. The number of nitrogens with zero attached hydrogens (tertiary/aromatic N) is 3. The van der Waals surface area contributed by atoms with Crippen molar-refractivity contribution >= 4 is 11.7 Å². The minimum absolute atomic E-state index is 0.0370. The van der Waals surface area contributed by atoms with Gasteiger partial charge in [-0.2, -0.15) is 5.26 Å². The second kappa shape index (κ2) is 4.47. The molecule has 0 aromatic heterocycles. The molecule has 5 nitrogen and oxygen atoms in total. The first-order valence-electron chi connectivity index (χ1n) is 6.50. The third-order valence-corrected chi connectivity index (χ3v) is 3.91. The number of hydrogen-bond donors (Lipinski definition) is 1. The van der Waals surface area contributed by atoms with E-state index in [0.29, 0.717) is 12.1 Å². The monoisotopic (exact) mass is 256 g/mol. The molecule has 19 heavy (non-hydrogen) atoms. The minimum Gasteiger partial charge on any atom is -0.366 e. The lowest BCUT2D eigenvalue weighted by molar-refractivity contribution is 0.197. The molecule has 1 aromatic rings. The van der Waals surface area contributed by atoms with Gasteiger partial charge in [-0.15, -0.1) is 0 Å². The van der Waals surface area contributed by atoms with Gasteiger partial charge in [0.1, 0.15) is 6.07 Å². The van der Waals surface area contributed by atoms with E-state index in [1.165, 1.54) is 0 Å². The molecule has 2 saturated heterocycles. The molecule has 98 valence electrons. The number of hydrogen-bond acceptors (Lipinski definition) is 3. The molecule has 3 rings (SSSR count). The lowest BCUT2D eigenvalue weighted by atomic mass is 10.1. The molecule has 1 N–H and O–H groups in total. The largest absolute Gasteiger partial charge is 0.366 e. The van der Waals surface area contributed by atoms with Gasteiger partial charge in [-0.1, -0.05) is 12.1 Å². The number of piperazine rings is 1. The Labute approximate surface area is 112 Å². The zero-order chi connectivity index (χ0) is 13.4. The average molecular weight is 256 g/mol. The molecule has 2 amide bonds. The number of carbonyl (C=O) groups excluding carboxylic acids is 1. The molecule has 0 saturated carbocycles. The standard InChI is InChI=1S/C14H16N4O/c1-10-3-2-4-11(7-15)13(10)17-5-6-18-12(9-17)8-16-14(18)19/h2-4,12H,5-6,8-9H2,1H3,(H,16,19). The number of urea groups is 1. The van der Waals surface area contributed by atoms with Crippen molar-refractivity contribution in [2.24, 2.45) is 0 Å². The summed E-state index contributed by atoms with van der Waals surface area (Å²) >= 11 is 0. The Hall–Kier alpha value is -2.22. The highest BCUT2D eigenvalue weighted by Crippen LogP contribution is 2.27. The number of aryl methyl sites for hydroxylation is 1. The summed E-state index contributed by atoms with van der Waals surface area (Å²) in [5, 5.41) is 12.1. The van der Waals surface area contributed by atoms with Gasteiger partial charge in [0.25, 0.3) is 0 Å². The molecule has 0 aliphatic carbocycles. The van der Waals surface area contributed by atoms with Crippen molar-refractivity contribution in [1.29, 1.82) is 5.26 Å². The molecule has 1 unspecified atom stereocenters. The Morgan fingerprint density at radius 1 is 1.42 bits per heavy atom. The maximum absolute atomic E-state index is 11.6. The van der Waals surface area contributed by atoms with Crippen LogP contribution in [0.15, 0.2) is 18.2 Å². The maximum atomic E-state index is 11.6. The molecule has 2 fully saturated rings. The first kappa shape index (κ1) is 11.8. The molecule has 1 aromatic carbocycles. The van der Waals surface area contributed by atoms with Crippen LogP contribution in [0, 0.1) is 18.3 Å². The third-order valence-electron chi connectivity index (χ3n) is 3.91. The number of nitriles is 1. The zero-order valence-corrected chi connectivity index (χ0v) is 10.9. The summed E-state index contributed by atoms with van der Waals surface area (Å²) in [6, 6.07) is 8.31. The van der Waals surface area contributed by atoms with Gasteiger partial charge >= 0.3 is 6.03 Å². The van der Waals surface area contributed by atoms with Crippen molar-refractivity contribution in [2.75, 3.05) is 31.1 Å². The van der Waals surface area contributed by atoms with E-state index in [2.05, 4.69) is 16.3 Å². The minimum atomic E-state index is 0.0370. The van der Waals surface area contributed by atoms with Crippen LogP contribution in [0.2, 0.25) is 0 Å². The summed E-state index contributed by atoms with van der Waals surface area (Å²) in [5.41, 5.74) is 2.85. The van der Waals surface area contributed by atoms with Crippen LogP contribution in [0.3, 0.4) is 0 Å². The highest BCUT2D eigenvalue weighted by molar-refractivity contribution is 5.77. The molecular formula is C14H16N4O. The van der Waals surface area contributed by atoms with Crippen molar-refractivity contribution < 1.29 is 4.79 Å². The second-order valence-corrected chi connectivity index (χ2v) is 5.06. The van der Waals surface area contributed by atoms with Crippen LogP contribution in [0.1, 0.15) is 11.1 Å². The number of carbonyl (C=O) groups is 1. The van der Waals surface area contributed by atoms with Crippen LogP contribution in [0.4, 0.5) is 10.5 Å². The van der Waals surface area contributed by atoms with Gasteiger partial charge in [0.2, 0.25) is 0 Å².